The number of nitrogens with zero attached hydrogens (tertiary/aromatic N) is 2. The van der Waals surface area contributed by atoms with Crippen molar-refractivity contribution in [1.82, 2.24) is 4.57 Å². The minimum Gasteiger partial charge on any atom is -0.496 e. The first-order valence-corrected chi connectivity index (χ1v) is 12.1. The Balaban J connectivity index is 1.95. The van der Waals surface area contributed by atoms with Crippen LogP contribution in [0, 0.1) is 0 Å². The number of esters is 1. The lowest BCUT2D eigenvalue weighted by Crippen LogP contribution is -2.39. The summed E-state index contributed by atoms with van der Waals surface area (Å²) in [6, 6.07) is 15.0. The molecule has 3 aromatic rings. The number of carbonyl (C=O) groups excluding carboxylic acids is 1. The summed E-state index contributed by atoms with van der Waals surface area (Å²) in [5.74, 6) is 0.594. The van der Waals surface area contributed by atoms with Crippen LogP contribution in [0.2, 0.25) is 0 Å². The molecule has 0 spiro atoms. The van der Waals surface area contributed by atoms with Crippen LogP contribution in [0.4, 0.5) is 0 Å². The number of carbonyl (C=O) groups is 1. The van der Waals surface area contributed by atoms with E-state index in [1.807, 2.05) is 54.6 Å². The molecule has 1 aliphatic rings. The van der Waals surface area contributed by atoms with E-state index in [4.69, 9.17) is 9.47 Å². The van der Waals surface area contributed by atoms with Crippen molar-refractivity contribution >= 4 is 23.4 Å². The van der Waals surface area contributed by atoms with E-state index in [1.54, 1.807) is 25.5 Å². The monoisotopic (exact) mass is 476 g/mol. The van der Waals surface area contributed by atoms with Gasteiger partial charge in [-0.1, -0.05) is 67.6 Å². The van der Waals surface area contributed by atoms with Crippen molar-refractivity contribution in [1.29, 1.82) is 0 Å². The first-order chi connectivity index (χ1) is 16.3. The molecule has 0 saturated heterocycles. The van der Waals surface area contributed by atoms with Gasteiger partial charge in [-0.2, -0.15) is 0 Å². The molecule has 2 heterocycles. The number of ether oxygens (including phenoxy) is 2. The Kier molecular flexibility index (Phi) is 6.84. The van der Waals surface area contributed by atoms with Gasteiger partial charge in [0.1, 0.15) is 5.75 Å². The first-order valence-electron chi connectivity index (χ1n) is 11.3. The molecule has 0 aliphatic carbocycles. The van der Waals surface area contributed by atoms with Crippen LogP contribution < -0.4 is 19.6 Å². The minimum atomic E-state index is -0.615. The van der Waals surface area contributed by atoms with Crippen molar-refractivity contribution in [3.05, 3.63) is 96.2 Å². The van der Waals surface area contributed by atoms with E-state index in [-0.39, 0.29) is 12.2 Å². The van der Waals surface area contributed by atoms with Gasteiger partial charge in [-0.15, -0.1) is 0 Å². The molecule has 1 aliphatic heterocycles. The van der Waals surface area contributed by atoms with Crippen molar-refractivity contribution in [2.75, 3.05) is 13.7 Å². The van der Waals surface area contributed by atoms with Crippen molar-refractivity contribution in [3.63, 3.8) is 0 Å². The number of fused-ring (bicyclic) bond motifs is 1. The van der Waals surface area contributed by atoms with E-state index < -0.39 is 12.0 Å². The molecule has 0 radical (unpaired) electrons. The van der Waals surface area contributed by atoms with Crippen molar-refractivity contribution in [2.24, 2.45) is 4.99 Å². The van der Waals surface area contributed by atoms with Crippen molar-refractivity contribution in [2.45, 2.75) is 39.7 Å². The lowest BCUT2D eigenvalue weighted by molar-refractivity contribution is -0.139. The largest absolute Gasteiger partial charge is 0.496 e. The Bertz CT molecular complexity index is 1430. The number of aromatic nitrogens is 1. The lowest BCUT2D eigenvalue weighted by atomic mass is 9.93. The average Bonchev–Trinajstić information content (AvgIpc) is 3.13. The predicted octanol–water partition coefficient (Wildman–Crippen LogP) is 3.93. The molecule has 176 valence electrons. The van der Waals surface area contributed by atoms with Crippen LogP contribution in [-0.2, 0) is 9.53 Å². The number of para-hydroxylation sites is 1. The SMILES string of the molecule is CCOC(=O)C1=C(C)N=c2s/c(=C\c3ccccc3OC)c(=O)n2[C@H]1c1ccc(C(C)C)cc1. The Morgan fingerprint density at radius 3 is 2.53 bits per heavy atom. The predicted molar refractivity (Wildman–Crippen MR) is 134 cm³/mol. The maximum absolute atomic E-state index is 13.7. The zero-order chi connectivity index (χ0) is 24.4. The van der Waals surface area contributed by atoms with Crippen LogP contribution in [0.25, 0.3) is 6.08 Å². The van der Waals surface area contributed by atoms with Crippen LogP contribution in [0.3, 0.4) is 0 Å². The van der Waals surface area contributed by atoms with E-state index in [9.17, 15) is 9.59 Å². The molecular weight excluding hydrogens is 448 g/mol. The molecule has 34 heavy (non-hydrogen) atoms. The molecule has 0 amide bonds. The highest BCUT2D eigenvalue weighted by molar-refractivity contribution is 7.07. The normalized spacial score (nSPS) is 15.8. The Morgan fingerprint density at radius 1 is 1.18 bits per heavy atom. The maximum Gasteiger partial charge on any atom is 0.338 e. The molecule has 6 nitrogen and oxygen atoms in total. The third kappa shape index (κ3) is 4.35. The molecule has 1 atom stereocenters. The fourth-order valence-electron chi connectivity index (χ4n) is 4.10. The van der Waals surface area contributed by atoms with Gasteiger partial charge in [0, 0.05) is 5.56 Å². The second kappa shape index (κ2) is 9.81. The number of thiazole rings is 1. The molecule has 4 rings (SSSR count). The van der Waals surface area contributed by atoms with E-state index in [0.717, 1.165) is 11.1 Å². The third-order valence-electron chi connectivity index (χ3n) is 5.86. The number of allylic oxidation sites excluding steroid dienone is 1. The number of benzene rings is 2. The molecule has 0 fully saturated rings. The smallest absolute Gasteiger partial charge is 0.338 e. The highest BCUT2D eigenvalue weighted by Gasteiger charge is 2.33. The third-order valence-corrected chi connectivity index (χ3v) is 6.84. The van der Waals surface area contributed by atoms with Gasteiger partial charge in [0.25, 0.3) is 5.56 Å². The second-order valence-corrected chi connectivity index (χ2v) is 9.37. The number of hydrogen-bond acceptors (Lipinski definition) is 6. The van der Waals surface area contributed by atoms with Crippen LogP contribution in [0.1, 0.15) is 56.3 Å². The zero-order valence-electron chi connectivity index (χ0n) is 20.0. The van der Waals surface area contributed by atoms with Gasteiger partial charge in [0.15, 0.2) is 4.80 Å². The van der Waals surface area contributed by atoms with Gasteiger partial charge < -0.3 is 9.47 Å². The molecule has 0 saturated carbocycles. The summed E-state index contributed by atoms with van der Waals surface area (Å²) < 4.78 is 12.9. The molecular formula is C27H28N2O4S. The van der Waals surface area contributed by atoms with Gasteiger partial charge in [0.2, 0.25) is 0 Å². The topological polar surface area (TPSA) is 69.9 Å². The highest BCUT2D eigenvalue weighted by atomic mass is 32.1. The van der Waals surface area contributed by atoms with Gasteiger partial charge in [-0.25, -0.2) is 9.79 Å². The number of rotatable bonds is 6. The average molecular weight is 477 g/mol. The minimum absolute atomic E-state index is 0.207. The van der Waals surface area contributed by atoms with Gasteiger partial charge in [-0.05, 0) is 43.0 Å². The van der Waals surface area contributed by atoms with E-state index in [0.29, 0.717) is 32.3 Å². The summed E-state index contributed by atoms with van der Waals surface area (Å²) in [6.07, 6.45) is 1.81. The Labute approximate surface area is 202 Å². The first kappa shape index (κ1) is 23.7. The summed E-state index contributed by atoms with van der Waals surface area (Å²) in [6.45, 7) is 8.06. The lowest BCUT2D eigenvalue weighted by Gasteiger charge is -2.25. The zero-order valence-corrected chi connectivity index (χ0v) is 20.8. The van der Waals surface area contributed by atoms with Gasteiger partial charge in [0.05, 0.1) is 35.6 Å². The summed E-state index contributed by atoms with van der Waals surface area (Å²) in [5.41, 5.74) is 3.56. The number of methoxy groups -OCH3 is 1. The fourth-order valence-corrected chi connectivity index (χ4v) is 5.13. The Hall–Kier alpha value is -3.45. The fraction of sp³-hybridized carbons (Fsp3) is 0.296. The van der Waals surface area contributed by atoms with Crippen molar-refractivity contribution in [3.8, 4) is 5.75 Å². The molecule has 2 aromatic carbocycles. The molecule has 0 bridgehead atoms. The molecule has 0 N–H and O–H groups in total. The quantitative estimate of drug-likeness (QED) is 0.506. The summed E-state index contributed by atoms with van der Waals surface area (Å²) >= 11 is 1.30. The molecule has 7 heteroatoms. The maximum atomic E-state index is 13.7. The molecule has 1 aromatic heterocycles. The van der Waals surface area contributed by atoms with Crippen LogP contribution in [0.5, 0.6) is 5.75 Å². The van der Waals surface area contributed by atoms with E-state index in [1.165, 1.54) is 16.9 Å². The number of hydrogen-bond donors (Lipinski definition) is 0. The van der Waals surface area contributed by atoms with Gasteiger partial charge in [-0.3, -0.25) is 9.36 Å². The van der Waals surface area contributed by atoms with Crippen LogP contribution in [-0.4, -0.2) is 24.3 Å². The summed E-state index contributed by atoms with van der Waals surface area (Å²) in [7, 11) is 1.60. The standard InChI is InChI=1S/C27H28N2O4S/c1-6-33-26(31)23-17(4)28-27-29(24(23)19-13-11-18(12-14-19)16(2)3)25(30)22(34-27)15-20-9-7-8-10-21(20)32-5/h7-16,24H,6H2,1-5H3/b22-15-/t24-/m0/s1. The van der Waals surface area contributed by atoms with E-state index in [2.05, 4.69) is 18.8 Å². The van der Waals surface area contributed by atoms with Crippen molar-refractivity contribution < 1.29 is 14.3 Å². The highest BCUT2D eigenvalue weighted by Crippen LogP contribution is 2.31. The Morgan fingerprint density at radius 2 is 1.88 bits per heavy atom. The molecule has 0 unspecified atom stereocenters. The summed E-state index contributed by atoms with van der Waals surface area (Å²) in [5, 5.41) is 0. The summed E-state index contributed by atoms with van der Waals surface area (Å²) in [4.78, 5) is 31.8. The van der Waals surface area contributed by atoms with Crippen LogP contribution >= 0.6 is 11.3 Å². The van der Waals surface area contributed by atoms with E-state index >= 15 is 0 Å². The second-order valence-electron chi connectivity index (χ2n) is 8.37. The van der Waals surface area contributed by atoms with Crippen LogP contribution in [0.15, 0.2) is 69.6 Å². The van der Waals surface area contributed by atoms with Gasteiger partial charge >= 0.3 is 5.97 Å².